The Balaban J connectivity index is 1.81. The fraction of sp³-hybridized carbons (Fsp3) is 0.278. The lowest BCUT2D eigenvalue weighted by atomic mass is 10.1. The quantitative estimate of drug-likeness (QED) is 0.820. The minimum atomic E-state index is -2.85. The predicted molar refractivity (Wildman–Crippen MR) is 85.8 cm³/mol. The number of carbonyl (C=O) groups excluding carboxylic acids is 1. The largest absolute Gasteiger partial charge is 0.435 e. The number of amides is 1. The van der Waals surface area contributed by atoms with Gasteiger partial charge in [-0.15, -0.1) is 0 Å². The summed E-state index contributed by atoms with van der Waals surface area (Å²) in [7, 11) is 0. The third kappa shape index (κ3) is 5.70. The number of aryl methyl sites for hydroxylation is 2. The molecule has 0 radical (unpaired) electrons. The van der Waals surface area contributed by atoms with Crippen LogP contribution in [0.25, 0.3) is 0 Å². The maximum atomic E-state index is 12.0. The summed E-state index contributed by atoms with van der Waals surface area (Å²) >= 11 is 0. The van der Waals surface area contributed by atoms with Crippen LogP contribution in [0.5, 0.6) is 5.75 Å². The average molecular weight is 319 g/mol. The number of rotatable bonds is 7. The lowest BCUT2D eigenvalue weighted by molar-refractivity contribution is -0.116. The lowest BCUT2D eigenvalue weighted by Crippen LogP contribution is -2.12. The van der Waals surface area contributed by atoms with Crippen LogP contribution in [-0.4, -0.2) is 12.5 Å². The summed E-state index contributed by atoms with van der Waals surface area (Å²) in [6.07, 6.45) is 2.01. The molecule has 23 heavy (non-hydrogen) atoms. The Morgan fingerprint density at radius 3 is 2.22 bits per heavy atom. The first-order valence-electron chi connectivity index (χ1n) is 7.49. The molecule has 1 N–H and O–H groups in total. The van der Waals surface area contributed by atoms with Crippen LogP contribution in [-0.2, 0) is 17.6 Å². The van der Waals surface area contributed by atoms with Crippen molar-refractivity contribution in [3.8, 4) is 5.75 Å². The minimum Gasteiger partial charge on any atom is -0.435 e. The van der Waals surface area contributed by atoms with Crippen molar-refractivity contribution in [1.29, 1.82) is 0 Å². The molecular weight excluding hydrogens is 300 g/mol. The van der Waals surface area contributed by atoms with Crippen molar-refractivity contribution >= 4 is 11.6 Å². The van der Waals surface area contributed by atoms with E-state index in [1.165, 1.54) is 29.8 Å². The van der Waals surface area contributed by atoms with E-state index < -0.39 is 6.61 Å². The van der Waals surface area contributed by atoms with Crippen LogP contribution >= 0.6 is 0 Å². The molecular formula is C18H19F2NO2. The smallest absolute Gasteiger partial charge is 0.387 e. The van der Waals surface area contributed by atoms with Crippen LogP contribution in [0.15, 0.2) is 48.5 Å². The fourth-order valence-corrected chi connectivity index (χ4v) is 2.14. The van der Waals surface area contributed by atoms with Gasteiger partial charge in [0, 0.05) is 12.1 Å². The Bertz CT molecular complexity index is 624. The van der Waals surface area contributed by atoms with E-state index in [1.54, 1.807) is 0 Å². The van der Waals surface area contributed by atoms with E-state index in [1.807, 2.05) is 12.1 Å². The van der Waals surface area contributed by atoms with Gasteiger partial charge < -0.3 is 10.1 Å². The van der Waals surface area contributed by atoms with Crippen molar-refractivity contribution in [2.45, 2.75) is 32.8 Å². The van der Waals surface area contributed by atoms with Crippen molar-refractivity contribution < 1.29 is 18.3 Å². The number of hydrogen-bond donors (Lipinski definition) is 1. The fourth-order valence-electron chi connectivity index (χ4n) is 2.14. The van der Waals surface area contributed by atoms with Gasteiger partial charge in [0.05, 0.1) is 0 Å². The second-order valence-electron chi connectivity index (χ2n) is 5.12. The van der Waals surface area contributed by atoms with E-state index in [0.29, 0.717) is 18.5 Å². The predicted octanol–water partition coefficient (Wildman–Crippen LogP) is 4.42. The van der Waals surface area contributed by atoms with Gasteiger partial charge >= 0.3 is 6.61 Å². The van der Waals surface area contributed by atoms with Gasteiger partial charge in [-0.25, -0.2) is 0 Å². The number of benzene rings is 2. The number of hydrogen-bond acceptors (Lipinski definition) is 2. The van der Waals surface area contributed by atoms with Gasteiger partial charge in [0.15, 0.2) is 0 Å². The number of anilines is 1. The standard InChI is InChI=1S/C18H19F2NO2/c1-2-13-3-5-14(6-4-13)7-12-17(22)21-15-8-10-16(11-9-15)23-18(19)20/h3-6,8-11,18H,2,7,12H2,1H3,(H,21,22). The second kappa shape index (κ2) is 8.27. The van der Waals surface area contributed by atoms with Crippen LogP contribution < -0.4 is 10.1 Å². The van der Waals surface area contributed by atoms with E-state index in [-0.39, 0.29) is 11.7 Å². The monoisotopic (exact) mass is 319 g/mol. The summed E-state index contributed by atoms with van der Waals surface area (Å²) < 4.78 is 28.3. The maximum absolute atomic E-state index is 12.0. The van der Waals surface area contributed by atoms with Crippen LogP contribution in [0.2, 0.25) is 0 Å². The molecule has 122 valence electrons. The number of halogens is 2. The third-order valence-corrected chi connectivity index (χ3v) is 3.44. The Morgan fingerprint density at radius 1 is 1.04 bits per heavy atom. The van der Waals surface area contributed by atoms with Crippen molar-refractivity contribution in [2.24, 2.45) is 0 Å². The molecule has 0 unspecified atom stereocenters. The molecule has 0 aliphatic heterocycles. The molecule has 2 aromatic carbocycles. The topological polar surface area (TPSA) is 38.3 Å². The normalized spacial score (nSPS) is 10.6. The second-order valence-corrected chi connectivity index (χ2v) is 5.12. The number of nitrogens with one attached hydrogen (secondary N) is 1. The van der Waals surface area contributed by atoms with Gasteiger partial charge in [0.2, 0.25) is 5.91 Å². The molecule has 0 saturated carbocycles. The molecule has 5 heteroatoms. The van der Waals surface area contributed by atoms with E-state index in [4.69, 9.17) is 0 Å². The minimum absolute atomic E-state index is 0.0639. The Kier molecular flexibility index (Phi) is 6.09. The van der Waals surface area contributed by atoms with Gasteiger partial charge in [0.1, 0.15) is 5.75 Å². The van der Waals surface area contributed by atoms with Crippen LogP contribution in [0.3, 0.4) is 0 Å². The Labute approximate surface area is 134 Å². The highest BCUT2D eigenvalue weighted by molar-refractivity contribution is 5.90. The zero-order valence-electron chi connectivity index (χ0n) is 12.9. The van der Waals surface area contributed by atoms with Crippen molar-refractivity contribution in [2.75, 3.05) is 5.32 Å². The van der Waals surface area contributed by atoms with Gasteiger partial charge in [-0.3, -0.25) is 4.79 Å². The van der Waals surface area contributed by atoms with E-state index in [0.717, 1.165) is 12.0 Å². The van der Waals surface area contributed by atoms with Crippen molar-refractivity contribution in [3.63, 3.8) is 0 Å². The molecule has 0 bridgehead atoms. The third-order valence-electron chi connectivity index (χ3n) is 3.44. The summed E-state index contributed by atoms with van der Waals surface area (Å²) in [5, 5.41) is 2.73. The highest BCUT2D eigenvalue weighted by Crippen LogP contribution is 2.18. The first kappa shape index (κ1) is 16.9. The molecule has 1 amide bonds. The van der Waals surface area contributed by atoms with Crippen molar-refractivity contribution in [3.05, 3.63) is 59.7 Å². The Morgan fingerprint density at radius 2 is 1.65 bits per heavy atom. The van der Waals surface area contributed by atoms with Gasteiger partial charge in [-0.2, -0.15) is 8.78 Å². The maximum Gasteiger partial charge on any atom is 0.387 e. The summed E-state index contributed by atoms with van der Waals surface area (Å²) in [5.74, 6) is -0.0545. The summed E-state index contributed by atoms with van der Waals surface area (Å²) in [6, 6.07) is 14.0. The molecule has 2 aromatic rings. The molecule has 0 atom stereocenters. The van der Waals surface area contributed by atoms with E-state index in [9.17, 15) is 13.6 Å². The molecule has 0 fully saturated rings. The van der Waals surface area contributed by atoms with Crippen LogP contribution in [0, 0.1) is 0 Å². The molecule has 0 spiro atoms. The zero-order chi connectivity index (χ0) is 16.7. The molecule has 0 saturated heterocycles. The molecule has 0 heterocycles. The summed E-state index contributed by atoms with van der Waals surface area (Å²) in [5.41, 5.74) is 2.93. The summed E-state index contributed by atoms with van der Waals surface area (Å²) in [4.78, 5) is 11.9. The van der Waals surface area contributed by atoms with Crippen LogP contribution in [0.1, 0.15) is 24.5 Å². The molecule has 2 rings (SSSR count). The van der Waals surface area contributed by atoms with E-state index in [2.05, 4.69) is 29.1 Å². The lowest BCUT2D eigenvalue weighted by Gasteiger charge is -2.08. The molecule has 0 aromatic heterocycles. The molecule has 0 aliphatic carbocycles. The Hall–Kier alpha value is -2.43. The zero-order valence-corrected chi connectivity index (χ0v) is 12.9. The van der Waals surface area contributed by atoms with Crippen LogP contribution in [0.4, 0.5) is 14.5 Å². The highest BCUT2D eigenvalue weighted by atomic mass is 19.3. The molecule has 0 aliphatic rings. The van der Waals surface area contributed by atoms with Gasteiger partial charge in [-0.05, 0) is 48.2 Å². The first-order valence-corrected chi connectivity index (χ1v) is 7.49. The SMILES string of the molecule is CCc1ccc(CCC(=O)Nc2ccc(OC(F)F)cc2)cc1. The summed E-state index contributed by atoms with van der Waals surface area (Å²) in [6.45, 7) is -0.755. The van der Waals surface area contributed by atoms with E-state index >= 15 is 0 Å². The number of alkyl halides is 2. The van der Waals surface area contributed by atoms with Crippen molar-refractivity contribution in [1.82, 2.24) is 0 Å². The first-order chi connectivity index (χ1) is 11.1. The molecule has 3 nitrogen and oxygen atoms in total. The van der Waals surface area contributed by atoms with Gasteiger partial charge in [-0.1, -0.05) is 31.2 Å². The number of carbonyl (C=O) groups is 1. The number of ether oxygens (including phenoxy) is 1. The van der Waals surface area contributed by atoms with Gasteiger partial charge in [0.25, 0.3) is 0 Å². The highest BCUT2D eigenvalue weighted by Gasteiger charge is 2.06. The average Bonchev–Trinajstić information content (AvgIpc) is 2.55.